The van der Waals surface area contributed by atoms with Crippen LogP contribution in [0.3, 0.4) is 0 Å². The highest BCUT2D eigenvalue weighted by molar-refractivity contribution is 5.92. The number of carbonyl (C=O) groups is 1. The number of rotatable bonds is 2. The number of amides is 1. The highest BCUT2D eigenvalue weighted by atomic mass is 19.1. The highest BCUT2D eigenvalue weighted by Gasteiger charge is 2.26. The van der Waals surface area contributed by atoms with Crippen LogP contribution < -0.4 is 10.6 Å². The molecule has 2 N–H and O–H groups in total. The van der Waals surface area contributed by atoms with Crippen molar-refractivity contribution < 1.29 is 18.0 Å². The van der Waals surface area contributed by atoms with Gasteiger partial charge in [-0.3, -0.25) is 4.79 Å². The van der Waals surface area contributed by atoms with E-state index in [-0.39, 0.29) is 12.0 Å². The number of hydrogen-bond donors (Lipinski definition) is 2. The molecule has 1 heterocycles. The lowest BCUT2D eigenvalue weighted by atomic mass is 9.92. The molecule has 0 aliphatic carbocycles. The molecule has 19 heavy (non-hydrogen) atoms. The zero-order valence-electron chi connectivity index (χ0n) is 10.5. The van der Waals surface area contributed by atoms with E-state index in [4.69, 9.17) is 0 Å². The van der Waals surface area contributed by atoms with Crippen molar-refractivity contribution in [3.8, 4) is 0 Å². The van der Waals surface area contributed by atoms with Gasteiger partial charge in [-0.1, -0.05) is 0 Å². The van der Waals surface area contributed by atoms with Crippen molar-refractivity contribution in [2.24, 2.45) is 5.92 Å². The van der Waals surface area contributed by atoms with E-state index in [0.29, 0.717) is 31.5 Å². The van der Waals surface area contributed by atoms with Crippen LogP contribution in [-0.4, -0.2) is 18.5 Å². The quantitative estimate of drug-likeness (QED) is 0.868. The SMILES string of the molecule is CC1CC(C(=O)Nc2c(F)cc(F)cc2F)CCN1. The van der Waals surface area contributed by atoms with Crippen LogP contribution in [0.1, 0.15) is 19.8 Å². The molecule has 1 aromatic rings. The molecule has 2 atom stereocenters. The topological polar surface area (TPSA) is 41.1 Å². The Morgan fingerprint density at radius 2 is 1.95 bits per heavy atom. The monoisotopic (exact) mass is 272 g/mol. The van der Waals surface area contributed by atoms with E-state index in [1.165, 1.54) is 0 Å². The smallest absolute Gasteiger partial charge is 0.227 e. The number of halogens is 3. The van der Waals surface area contributed by atoms with Gasteiger partial charge in [-0.15, -0.1) is 0 Å². The summed E-state index contributed by atoms with van der Waals surface area (Å²) < 4.78 is 39.6. The number of anilines is 1. The van der Waals surface area contributed by atoms with Gasteiger partial charge < -0.3 is 10.6 Å². The molecular formula is C13H15F3N2O. The van der Waals surface area contributed by atoms with Gasteiger partial charge in [0.1, 0.15) is 11.5 Å². The van der Waals surface area contributed by atoms with Gasteiger partial charge in [-0.05, 0) is 26.3 Å². The third kappa shape index (κ3) is 3.26. The lowest BCUT2D eigenvalue weighted by Crippen LogP contribution is -2.40. The van der Waals surface area contributed by atoms with Gasteiger partial charge in [0.2, 0.25) is 5.91 Å². The predicted octanol–water partition coefficient (Wildman–Crippen LogP) is 2.43. The predicted molar refractivity (Wildman–Crippen MR) is 65.1 cm³/mol. The first-order valence-electron chi connectivity index (χ1n) is 6.16. The number of nitrogens with one attached hydrogen (secondary N) is 2. The van der Waals surface area contributed by atoms with Crippen molar-refractivity contribution in [2.45, 2.75) is 25.8 Å². The minimum Gasteiger partial charge on any atom is -0.321 e. The van der Waals surface area contributed by atoms with Crippen molar-refractivity contribution in [1.82, 2.24) is 5.32 Å². The van der Waals surface area contributed by atoms with Crippen molar-refractivity contribution in [3.05, 3.63) is 29.6 Å². The van der Waals surface area contributed by atoms with E-state index >= 15 is 0 Å². The zero-order valence-corrected chi connectivity index (χ0v) is 10.5. The van der Waals surface area contributed by atoms with Crippen LogP contribution in [0.5, 0.6) is 0 Å². The minimum absolute atomic E-state index is 0.187. The molecule has 104 valence electrons. The third-order valence-corrected chi connectivity index (χ3v) is 3.25. The maximum atomic E-state index is 13.4. The van der Waals surface area contributed by atoms with Crippen molar-refractivity contribution in [3.63, 3.8) is 0 Å². The molecule has 1 aliphatic rings. The molecule has 2 rings (SSSR count). The van der Waals surface area contributed by atoms with Gasteiger partial charge >= 0.3 is 0 Å². The van der Waals surface area contributed by atoms with E-state index in [9.17, 15) is 18.0 Å². The number of hydrogen-bond acceptors (Lipinski definition) is 2. The Morgan fingerprint density at radius 1 is 1.32 bits per heavy atom. The lowest BCUT2D eigenvalue weighted by molar-refractivity contribution is -0.120. The fourth-order valence-electron chi connectivity index (χ4n) is 2.26. The second kappa shape index (κ2) is 5.61. The van der Waals surface area contributed by atoms with Gasteiger partial charge in [0.25, 0.3) is 0 Å². The Labute approximate surface area is 109 Å². The number of carbonyl (C=O) groups excluding carboxylic acids is 1. The molecule has 1 aliphatic heterocycles. The molecule has 0 saturated carbocycles. The second-order valence-electron chi connectivity index (χ2n) is 4.81. The van der Waals surface area contributed by atoms with Crippen LogP contribution in [0, 0.1) is 23.4 Å². The van der Waals surface area contributed by atoms with E-state index in [1.807, 2.05) is 6.92 Å². The van der Waals surface area contributed by atoms with Crippen LogP contribution in [0.4, 0.5) is 18.9 Å². The van der Waals surface area contributed by atoms with Crippen molar-refractivity contribution in [1.29, 1.82) is 0 Å². The van der Waals surface area contributed by atoms with Gasteiger partial charge in [0, 0.05) is 24.1 Å². The van der Waals surface area contributed by atoms with E-state index in [1.54, 1.807) is 0 Å². The highest BCUT2D eigenvalue weighted by Crippen LogP contribution is 2.23. The number of piperidine rings is 1. The molecule has 2 unspecified atom stereocenters. The first-order chi connectivity index (χ1) is 8.97. The van der Waals surface area contributed by atoms with E-state index < -0.39 is 29.0 Å². The maximum absolute atomic E-state index is 13.4. The van der Waals surface area contributed by atoms with Crippen molar-refractivity contribution in [2.75, 3.05) is 11.9 Å². The molecule has 0 radical (unpaired) electrons. The van der Waals surface area contributed by atoms with Gasteiger partial charge in [-0.25, -0.2) is 13.2 Å². The average molecular weight is 272 g/mol. The van der Waals surface area contributed by atoms with E-state index in [2.05, 4.69) is 10.6 Å². The fourth-order valence-corrected chi connectivity index (χ4v) is 2.26. The Bertz CT molecular complexity index is 470. The minimum atomic E-state index is -1.10. The average Bonchev–Trinajstić information content (AvgIpc) is 2.33. The zero-order chi connectivity index (χ0) is 14.0. The van der Waals surface area contributed by atoms with E-state index in [0.717, 1.165) is 0 Å². The van der Waals surface area contributed by atoms with Gasteiger partial charge in [0.15, 0.2) is 11.6 Å². The normalized spacial score (nSPS) is 23.2. The standard InChI is InChI=1S/C13H15F3N2O/c1-7-4-8(2-3-17-7)13(19)18-12-10(15)5-9(14)6-11(12)16/h5-8,17H,2-4H2,1H3,(H,18,19). The molecule has 1 saturated heterocycles. The summed E-state index contributed by atoms with van der Waals surface area (Å²) in [7, 11) is 0. The molecule has 3 nitrogen and oxygen atoms in total. The molecule has 0 spiro atoms. The second-order valence-corrected chi connectivity index (χ2v) is 4.81. The molecule has 0 aromatic heterocycles. The largest absolute Gasteiger partial charge is 0.321 e. The molecule has 1 amide bonds. The molecular weight excluding hydrogens is 257 g/mol. The summed E-state index contributed by atoms with van der Waals surface area (Å²) in [4.78, 5) is 11.9. The Hall–Kier alpha value is -1.56. The van der Waals surface area contributed by atoms with Crippen LogP contribution in [0.2, 0.25) is 0 Å². The summed E-state index contributed by atoms with van der Waals surface area (Å²) in [6, 6.07) is 1.28. The number of benzene rings is 1. The van der Waals surface area contributed by atoms with Gasteiger partial charge in [-0.2, -0.15) is 0 Å². The molecule has 0 bridgehead atoms. The summed E-state index contributed by atoms with van der Waals surface area (Å²) in [5.74, 6) is -3.94. The maximum Gasteiger partial charge on any atom is 0.227 e. The molecule has 1 aromatic carbocycles. The summed E-state index contributed by atoms with van der Waals surface area (Å²) >= 11 is 0. The summed E-state index contributed by atoms with van der Waals surface area (Å²) in [6.45, 7) is 2.63. The first kappa shape index (κ1) is 13.9. The fraction of sp³-hybridized carbons (Fsp3) is 0.462. The molecule has 1 fully saturated rings. The Balaban J connectivity index is 2.10. The van der Waals surface area contributed by atoms with Crippen molar-refractivity contribution >= 4 is 11.6 Å². The Morgan fingerprint density at radius 3 is 2.53 bits per heavy atom. The van der Waals surface area contributed by atoms with Crippen LogP contribution in [0.25, 0.3) is 0 Å². The van der Waals surface area contributed by atoms with Crippen LogP contribution in [-0.2, 0) is 4.79 Å². The first-order valence-corrected chi connectivity index (χ1v) is 6.16. The third-order valence-electron chi connectivity index (χ3n) is 3.25. The summed E-state index contributed by atoms with van der Waals surface area (Å²) in [5, 5.41) is 5.40. The van der Waals surface area contributed by atoms with Crippen LogP contribution >= 0.6 is 0 Å². The Kier molecular flexibility index (Phi) is 4.09. The summed E-state index contributed by atoms with van der Waals surface area (Å²) in [6.07, 6.45) is 1.22. The lowest BCUT2D eigenvalue weighted by Gasteiger charge is -2.27. The molecule has 6 heteroatoms. The van der Waals surface area contributed by atoms with Crippen LogP contribution in [0.15, 0.2) is 12.1 Å². The summed E-state index contributed by atoms with van der Waals surface area (Å²) in [5.41, 5.74) is -0.586. The van der Waals surface area contributed by atoms with Gasteiger partial charge in [0.05, 0.1) is 0 Å².